The highest BCUT2D eigenvalue weighted by Crippen LogP contribution is 2.10. The molecule has 0 aromatic carbocycles. The molecule has 0 aliphatic heterocycles. The molecule has 1 rings (SSSR count). The third kappa shape index (κ3) is 4.56. The van der Waals surface area contributed by atoms with E-state index in [0.29, 0.717) is 4.88 Å². The molecule has 0 radical (unpaired) electrons. The number of hydrogen-bond acceptors (Lipinski definition) is 4. The normalized spacial score (nSPS) is 12.9. The first-order valence-electron chi connectivity index (χ1n) is 5.37. The molecule has 0 saturated heterocycles. The lowest BCUT2D eigenvalue weighted by atomic mass is 10.2. The fraction of sp³-hybridized carbons (Fsp3) is 0.500. The van der Waals surface area contributed by atoms with Gasteiger partial charge in [-0.15, -0.1) is 11.3 Å². The van der Waals surface area contributed by atoms with Crippen LogP contribution in [0.25, 0.3) is 0 Å². The van der Waals surface area contributed by atoms with E-state index in [0.717, 1.165) is 0 Å². The zero-order chi connectivity index (χ0) is 13.1. The Labute approximate surface area is 105 Å². The fourth-order valence-corrected chi connectivity index (χ4v) is 1.75. The minimum absolute atomic E-state index is 0.252. The van der Waals surface area contributed by atoms with E-state index in [1.54, 1.807) is 39.8 Å². The summed E-state index contributed by atoms with van der Waals surface area (Å²) in [5.74, 6) is -0.680. The maximum atomic E-state index is 11.7. The number of rotatable bonds is 3. The van der Waals surface area contributed by atoms with Crippen molar-refractivity contribution in [3.05, 3.63) is 22.4 Å². The molecule has 0 spiro atoms. The van der Waals surface area contributed by atoms with Crippen LogP contribution in [-0.2, 0) is 9.53 Å². The molecule has 1 N–H and O–H groups in total. The number of nitrogens with one attached hydrogen (secondary N) is 1. The number of carbonyl (C=O) groups is 2. The van der Waals surface area contributed by atoms with Crippen molar-refractivity contribution >= 4 is 23.2 Å². The van der Waals surface area contributed by atoms with Crippen LogP contribution < -0.4 is 5.32 Å². The molecular formula is C12H17NO3S. The molecule has 0 aliphatic carbocycles. The highest BCUT2D eigenvalue weighted by atomic mass is 32.1. The average molecular weight is 255 g/mol. The third-order valence-electron chi connectivity index (χ3n) is 1.85. The molecule has 0 saturated carbocycles. The Bertz CT molecular complexity index is 392. The van der Waals surface area contributed by atoms with Crippen molar-refractivity contribution in [2.75, 3.05) is 0 Å². The van der Waals surface area contributed by atoms with Crippen molar-refractivity contribution in [3.8, 4) is 0 Å². The Morgan fingerprint density at radius 3 is 2.53 bits per heavy atom. The number of ether oxygens (including phenoxy) is 1. The molecule has 1 atom stereocenters. The van der Waals surface area contributed by atoms with E-state index in [9.17, 15) is 9.59 Å². The van der Waals surface area contributed by atoms with Crippen LogP contribution in [0.4, 0.5) is 0 Å². The second-order valence-corrected chi connectivity index (χ2v) is 5.65. The molecule has 17 heavy (non-hydrogen) atoms. The van der Waals surface area contributed by atoms with Crippen LogP contribution in [0.5, 0.6) is 0 Å². The summed E-state index contributed by atoms with van der Waals surface area (Å²) < 4.78 is 5.17. The van der Waals surface area contributed by atoms with Gasteiger partial charge in [-0.25, -0.2) is 4.79 Å². The van der Waals surface area contributed by atoms with E-state index >= 15 is 0 Å². The molecule has 1 aromatic rings. The molecule has 0 unspecified atom stereocenters. The summed E-state index contributed by atoms with van der Waals surface area (Å²) in [6.07, 6.45) is 0. The number of hydrogen-bond donors (Lipinski definition) is 1. The minimum atomic E-state index is -0.649. The Kier molecular flexibility index (Phi) is 4.28. The number of carbonyl (C=O) groups excluding carboxylic acids is 2. The molecule has 1 amide bonds. The maximum absolute atomic E-state index is 11.7. The minimum Gasteiger partial charge on any atom is -0.458 e. The molecular weight excluding hydrogens is 238 g/mol. The van der Waals surface area contributed by atoms with Crippen molar-refractivity contribution in [3.63, 3.8) is 0 Å². The standard InChI is InChI=1S/C12H17NO3S/c1-8(11(15)16-12(2,3)4)13-10(14)9-6-5-7-17-9/h5-8H,1-4H3,(H,13,14)/t8-/m1/s1. The van der Waals surface area contributed by atoms with E-state index < -0.39 is 17.6 Å². The zero-order valence-corrected chi connectivity index (χ0v) is 11.3. The monoisotopic (exact) mass is 255 g/mol. The summed E-state index contributed by atoms with van der Waals surface area (Å²) in [5, 5.41) is 4.41. The summed E-state index contributed by atoms with van der Waals surface area (Å²) in [5.41, 5.74) is -0.543. The summed E-state index contributed by atoms with van der Waals surface area (Å²) in [7, 11) is 0. The largest absolute Gasteiger partial charge is 0.458 e. The molecule has 1 heterocycles. The predicted octanol–water partition coefficient (Wildman–Crippen LogP) is 2.21. The van der Waals surface area contributed by atoms with Gasteiger partial charge in [0.1, 0.15) is 11.6 Å². The second-order valence-electron chi connectivity index (χ2n) is 4.71. The van der Waals surface area contributed by atoms with Crippen molar-refractivity contribution < 1.29 is 14.3 Å². The molecule has 0 fully saturated rings. The van der Waals surface area contributed by atoms with Gasteiger partial charge >= 0.3 is 5.97 Å². The third-order valence-corrected chi connectivity index (χ3v) is 2.72. The van der Waals surface area contributed by atoms with Gasteiger partial charge in [0, 0.05) is 0 Å². The van der Waals surface area contributed by atoms with Gasteiger partial charge in [-0.2, -0.15) is 0 Å². The fourth-order valence-electron chi connectivity index (χ4n) is 1.12. The SMILES string of the molecule is C[C@@H](NC(=O)c1cccs1)C(=O)OC(C)(C)C. The van der Waals surface area contributed by atoms with Crippen molar-refractivity contribution in [1.82, 2.24) is 5.32 Å². The smallest absolute Gasteiger partial charge is 0.328 e. The van der Waals surface area contributed by atoms with Crippen LogP contribution in [0.1, 0.15) is 37.4 Å². The highest BCUT2D eigenvalue weighted by molar-refractivity contribution is 7.12. The summed E-state index contributed by atoms with van der Waals surface area (Å²) in [6.45, 7) is 6.98. The highest BCUT2D eigenvalue weighted by Gasteiger charge is 2.23. The summed E-state index contributed by atoms with van der Waals surface area (Å²) in [4.78, 5) is 23.9. The Morgan fingerprint density at radius 2 is 2.06 bits per heavy atom. The van der Waals surface area contributed by atoms with Crippen LogP contribution in [0.15, 0.2) is 17.5 Å². The van der Waals surface area contributed by atoms with Gasteiger partial charge in [0.2, 0.25) is 0 Å². The van der Waals surface area contributed by atoms with E-state index in [4.69, 9.17) is 4.74 Å². The van der Waals surface area contributed by atoms with Gasteiger partial charge < -0.3 is 10.1 Å². The maximum Gasteiger partial charge on any atom is 0.328 e. The first-order valence-corrected chi connectivity index (χ1v) is 6.25. The van der Waals surface area contributed by atoms with Gasteiger partial charge in [-0.05, 0) is 39.1 Å². The van der Waals surface area contributed by atoms with E-state index in [1.165, 1.54) is 11.3 Å². The van der Waals surface area contributed by atoms with E-state index in [2.05, 4.69) is 5.32 Å². The predicted molar refractivity (Wildman–Crippen MR) is 67.1 cm³/mol. The van der Waals surface area contributed by atoms with Gasteiger partial charge in [0.05, 0.1) is 4.88 Å². The topological polar surface area (TPSA) is 55.4 Å². The number of amides is 1. The lowest BCUT2D eigenvalue weighted by Crippen LogP contribution is -2.41. The van der Waals surface area contributed by atoms with Crippen LogP contribution in [0, 0.1) is 0 Å². The van der Waals surface area contributed by atoms with Crippen molar-refractivity contribution in [2.24, 2.45) is 0 Å². The molecule has 1 aromatic heterocycles. The van der Waals surface area contributed by atoms with Gasteiger partial charge in [0.15, 0.2) is 0 Å². The van der Waals surface area contributed by atoms with Crippen molar-refractivity contribution in [1.29, 1.82) is 0 Å². The quantitative estimate of drug-likeness (QED) is 0.842. The lowest BCUT2D eigenvalue weighted by molar-refractivity contribution is -0.156. The van der Waals surface area contributed by atoms with E-state index in [-0.39, 0.29) is 5.91 Å². The molecule has 94 valence electrons. The first kappa shape index (κ1) is 13.7. The molecule has 4 nitrogen and oxygen atoms in total. The van der Waals surface area contributed by atoms with Crippen molar-refractivity contribution in [2.45, 2.75) is 39.3 Å². The average Bonchev–Trinajstić information content (AvgIpc) is 2.67. The lowest BCUT2D eigenvalue weighted by Gasteiger charge is -2.22. The van der Waals surface area contributed by atoms with Crippen LogP contribution in [0.2, 0.25) is 0 Å². The molecule has 0 aliphatic rings. The molecule has 5 heteroatoms. The second kappa shape index (κ2) is 5.31. The van der Waals surface area contributed by atoms with Gasteiger partial charge in [-0.1, -0.05) is 6.07 Å². The Balaban J connectivity index is 2.52. The summed E-state index contributed by atoms with van der Waals surface area (Å²) >= 11 is 1.33. The number of thiophene rings is 1. The van der Waals surface area contributed by atoms with Crippen LogP contribution in [0.3, 0.4) is 0 Å². The summed E-state index contributed by atoms with van der Waals surface area (Å²) in [6, 6.07) is 2.85. The first-order chi connectivity index (χ1) is 7.79. The molecule has 0 bridgehead atoms. The van der Waals surface area contributed by atoms with Gasteiger partial charge in [-0.3, -0.25) is 4.79 Å². The van der Waals surface area contributed by atoms with Crippen LogP contribution in [-0.4, -0.2) is 23.5 Å². The van der Waals surface area contributed by atoms with Gasteiger partial charge in [0.25, 0.3) is 5.91 Å². The number of esters is 1. The Hall–Kier alpha value is -1.36. The Morgan fingerprint density at radius 1 is 1.41 bits per heavy atom. The van der Waals surface area contributed by atoms with Crippen LogP contribution >= 0.6 is 11.3 Å². The van der Waals surface area contributed by atoms with E-state index in [1.807, 2.05) is 5.38 Å². The zero-order valence-electron chi connectivity index (χ0n) is 10.4.